The molecule has 0 bridgehead atoms. The van der Waals surface area contributed by atoms with Gasteiger partial charge in [0.2, 0.25) is 5.91 Å². The molecule has 1 unspecified atom stereocenters. The number of hydrogen-bond acceptors (Lipinski definition) is 4. The fraction of sp³-hybridized carbons (Fsp3) is 0.250. The molecule has 1 atom stereocenters. The summed E-state index contributed by atoms with van der Waals surface area (Å²) in [5, 5.41) is 5.21. The van der Waals surface area contributed by atoms with Gasteiger partial charge in [0, 0.05) is 10.6 Å². The van der Waals surface area contributed by atoms with E-state index in [2.05, 4.69) is 5.32 Å². The van der Waals surface area contributed by atoms with E-state index in [0.717, 1.165) is 10.6 Å². The van der Waals surface area contributed by atoms with Crippen molar-refractivity contribution in [3.63, 3.8) is 0 Å². The predicted octanol–water partition coefficient (Wildman–Crippen LogP) is 5.40. The van der Waals surface area contributed by atoms with Gasteiger partial charge in [-0.3, -0.25) is 9.59 Å². The number of anilines is 1. The van der Waals surface area contributed by atoms with Gasteiger partial charge in [0.1, 0.15) is 11.8 Å². The molecule has 7 heteroatoms. The van der Waals surface area contributed by atoms with Crippen molar-refractivity contribution >= 4 is 40.4 Å². The van der Waals surface area contributed by atoms with E-state index in [1.807, 2.05) is 55.6 Å². The molecule has 0 radical (unpaired) electrons. The van der Waals surface area contributed by atoms with Gasteiger partial charge in [-0.2, -0.15) is 0 Å². The number of halogens is 1. The number of hydrogen-bond donors (Lipinski definition) is 1. The van der Waals surface area contributed by atoms with Crippen LogP contribution in [0.1, 0.15) is 29.1 Å². The number of amides is 2. The molecule has 0 aliphatic carbocycles. The minimum atomic E-state index is -0.717. The van der Waals surface area contributed by atoms with Gasteiger partial charge in [-0.25, -0.2) is 0 Å². The molecule has 1 aromatic heterocycles. The van der Waals surface area contributed by atoms with Crippen LogP contribution in [0.3, 0.4) is 0 Å². The molecule has 3 rings (SSSR count). The second-order valence-corrected chi connectivity index (χ2v) is 8.82. The van der Waals surface area contributed by atoms with E-state index in [-0.39, 0.29) is 17.7 Å². The maximum Gasteiger partial charge on any atom is 0.253 e. The molecule has 1 heterocycles. The number of carbonyl (C=O) groups excluding carboxylic acids is 2. The largest absolute Gasteiger partial charge is 0.497 e. The normalized spacial score (nSPS) is 11.8. The highest BCUT2D eigenvalue weighted by Crippen LogP contribution is 2.25. The van der Waals surface area contributed by atoms with Crippen molar-refractivity contribution in [1.29, 1.82) is 0 Å². The van der Waals surface area contributed by atoms with Gasteiger partial charge in [-0.05, 0) is 53.8 Å². The lowest BCUT2D eigenvalue weighted by molar-refractivity contribution is -0.121. The first-order chi connectivity index (χ1) is 14.9. The van der Waals surface area contributed by atoms with E-state index < -0.39 is 6.04 Å². The predicted molar refractivity (Wildman–Crippen MR) is 126 cm³/mol. The number of benzene rings is 2. The van der Waals surface area contributed by atoms with Crippen molar-refractivity contribution in [3.05, 3.63) is 81.5 Å². The topological polar surface area (TPSA) is 58.6 Å². The molecule has 0 saturated carbocycles. The number of nitrogens with one attached hydrogen (secondary N) is 1. The highest BCUT2D eigenvalue weighted by molar-refractivity contribution is 7.09. The molecule has 5 nitrogen and oxygen atoms in total. The summed E-state index contributed by atoms with van der Waals surface area (Å²) in [5.74, 6) is 0.0279. The van der Waals surface area contributed by atoms with Gasteiger partial charge < -0.3 is 15.0 Å². The van der Waals surface area contributed by atoms with Crippen LogP contribution in [0.4, 0.5) is 5.69 Å². The van der Waals surface area contributed by atoms with Gasteiger partial charge in [0.05, 0.1) is 24.2 Å². The highest BCUT2D eigenvalue weighted by Gasteiger charge is 2.30. The lowest BCUT2D eigenvalue weighted by atomic mass is 10.0. The van der Waals surface area contributed by atoms with Crippen LogP contribution in [0.5, 0.6) is 5.75 Å². The Kier molecular flexibility index (Phi) is 7.71. The first kappa shape index (κ1) is 22.8. The van der Waals surface area contributed by atoms with Gasteiger partial charge in [0.25, 0.3) is 5.91 Å². The van der Waals surface area contributed by atoms with E-state index in [4.69, 9.17) is 16.3 Å². The Labute approximate surface area is 191 Å². The minimum Gasteiger partial charge on any atom is -0.497 e. The smallest absolute Gasteiger partial charge is 0.253 e. The zero-order chi connectivity index (χ0) is 22.4. The summed E-state index contributed by atoms with van der Waals surface area (Å²) in [4.78, 5) is 29.3. The van der Waals surface area contributed by atoms with Crippen molar-refractivity contribution in [3.8, 4) is 5.75 Å². The summed E-state index contributed by atoms with van der Waals surface area (Å²) in [5.41, 5.74) is 1.08. The number of thiophene rings is 1. The maximum absolute atomic E-state index is 13.7. The maximum atomic E-state index is 13.7. The quantitative estimate of drug-likeness (QED) is 0.493. The number of rotatable bonds is 8. The Morgan fingerprint density at radius 3 is 2.35 bits per heavy atom. The Balaban J connectivity index is 1.90. The van der Waals surface area contributed by atoms with Crippen molar-refractivity contribution in [2.24, 2.45) is 5.92 Å². The molecule has 0 fully saturated rings. The second-order valence-electron chi connectivity index (χ2n) is 7.38. The zero-order valence-electron chi connectivity index (χ0n) is 17.7. The standard InChI is InChI=1S/C24H25ClN2O3S/c1-16(2)22(26-23(28)20-8-4-5-9-21(20)25)24(29)27(15-19-7-6-14-31-19)17-10-12-18(30-3)13-11-17/h4-14,16,22H,15H2,1-3H3,(H,26,28). The Hall–Kier alpha value is -2.83. The molecule has 0 spiro atoms. The number of methoxy groups -OCH3 is 1. The van der Waals surface area contributed by atoms with Crippen LogP contribution in [-0.2, 0) is 11.3 Å². The van der Waals surface area contributed by atoms with E-state index >= 15 is 0 Å². The molecule has 1 N–H and O–H groups in total. The average molecular weight is 457 g/mol. The van der Waals surface area contributed by atoms with Crippen LogP contribution in [0.25, 0.3) is 0 Å². The summed E-state index contributed by atoms with van der Waals surface area (Å²) in [7, 11) is 1.60. The van der Waals surface area contributed by atoms with Crippen molar-refractivity contribution in [1.82, 2.24) is 5.32 Å². The minimum absolute atomic E-state index is 0.122. The third-order valence-corrected chi connectivity index (χ3v) is 6.07. The van der Waals surface area contributed by atoms with Crippen LogP contribution in [0.2, 0.25) is 5.02 Å². The Morgan fingerprint density at radius 2 is 1.77 bits per heavy atom. The first-order valence-corrected chi connectivity index (χ1v) is 11.2. The molecule has 162 valence electrons. The first-order valence-electron chi connectivity index (χ1n) is 9.94. The lowest BCUT2D eigenvalue weighted by Gasteiger charge is -2.30. The Bertz CT molecular complexity index is 1020. The third-order valence-electron chi connectivity index (χ3n) is 4.88. The van der Waals surface area contributed by atoms with Crippen LogP contribution < -0.4 is 15.0 Å². The van der Waals surface area contributed by atoms with Crippen LogP contribution in [-0.4, -0.2) is 25.0 Å². The molecular formula is C24H25ClN2O3S. The summed E-state index contributed by atoms with van der Waals surface area (Å²) in [6, 6.07) is 17.4. The monoisotopic (exact) mass is 456 g/mol. The zero-order valence-corrected chi connectivity index (χ0v) is 19.2. The van der Waals surface area contributed by atoms with Crippen LogP contribution >= 0.6 is 22.9 Å². The van der Waals surface area contributed by atoms with Gasteiger partial charge in [-0.1, -0.05) is 43.6 Å². The van der Waals surface area contributed by atoms with Crippen molar-refractivity contribution in [2.75, 3.05) is 12.0 Å². The molecule has 0 saturated heterocycles. The summed E-state index contributed by atoms with van der Waals surface area (Å²) >= 11 is 7.76. The van der Waals surface area contributed by atoms with Crippen LogP contribution in [0.15, 0.2) is 66.0 Å². The van der Waals surface area contributed by atoms with Crippen molar-refractivity contribution < 1.29 is 14.3 Å². The number of nitrogens with zero attached hydrogens (tertiary/aromatic N) is 1. The average Bonchev–Trinajstić information content (AvgIpc) is 3.29. The van der Waals surface area contributed by atoms with E-state index in [1.165, 1.54) is 0 Å². The summed E-state index contributed by atoms with van der Waals surface area (Å²) < 4.78 is 5.24. The molecule has 0 aliphatic rings. The summed E-state index contributed by atoms with van der Waals surface area (Å²) in [6.45, 7) is 4.23. The van der Waals surface area contributed by atoms with Gasteiger partial charge >= 0.3 is 0 Å². The second kappa shape index (κ2) is 10.5. The van der Waals surface area contributed by atoms with Crippen molar-refractivity contribution in [2.45, 2.75) is 26.4 Å². The molecule has 31 heavy (non-hydrogen) atoms. The molecule has 3 aromatic rings. The summed E-state index contributed by atoms with van der Waals surface area (Å²) in [6.07, 6.45) is 0. The van der Waals surface area contributed by atoms with E-state index in [0.29, 0.717) is 22.9 Å². The Morgan fingerprint density at radius 1 is 1.06 bits per heavy atom. The fourth-order valence-corrected chi connectivity index (χ4v) is 4.08. The fourth-order valence-electron chi connectivity index (χ4n) is 3.16. The number of carbonyl (C=O) groups is 2. The van der Waals surface area contributed by atoms with Gasteiger partial charge in [-0.15, -0.1) is 11.3 Å². The van der Waals surface area contributed by atoms with E-state index in [1.54, 1.807) is 47.6 Å². The molecule has 2 amide bonds. The molecule has 0 aliphatic heterocycles. The lowest BCUT2D eigenvalue weighted by Crippen LogP contribution is -2.51. The van der Waals surface area contributed by atoms with E-state index in [9.17, 15) is 9.59 Å². The molecule has 2 aromatic carbocycles. The molecular weight excluding hydrogens is 432 g/mol. The SMILES string of the molecule is COc1ccc(N(Cc2cccs2)C(=O)C(NC(=O)c2ccccc2Cl)C(C)C)cc1. The highest BCUT2D eigenvalue weighted by atomic mass is 35.5. The number of ether oxygens (including phenoxy) is 1. The van der Waals surface area contributed by atoms with Crippen LogP contribution in [0, 0.1) is 5.92 Å². The third kappa shape index (κ3) is 5.66. The van der Waals surface area contributed by atoms with Gasteiger partial charge in [0.15, 0.2) is 0 Å².